The molecule has 2 N–H and O–H groups in total. The van der Waals surface area contributed by atoms with E-state index in [1.54, 1.807) is 0 Å². The van der Waals surface area contributed by atoms with Gasteiger partial charge in [-0.05, 0) is 25.8 Å². The summed E-state index contributed by atoms with van der Waals surface area (Å²) in [5.74, 6) is 0. The molecule has 0 saturated carbocycles. The molecule has 1 heterocycles. The van der Waals surface area contributed by atoms with Gasteiger partial charge in [-0.15, -0.1) is 0 Å². The highest BCUT2D eigenvalue weighted by Gasteiger charge is 2.47. The summed E-state index contributed by atoms with van der Waals surface area (Å²) < 4.78 is 41.0. The van der Waals surface area contributed by atoms with Crippen LogP contribution in [0.1, 0.15) is 39.5 Å². The van der Waals surface area contributed by atoms with Gasteiger partial charge in [-0.1, -0.05) is 20.3 Å². The Morgan fingerprint density at radius 2 is 1.92 bits per heavy atom. The maximum absolute atomic E-state index is 12.8. The van der Waals surface area contributed by atoms with Crippen LogP contribution in [0, 0.1) is 0 Å². The summed E-state index contributed by atoms with van der Waals surface area (Å²) in [6.07, 6.45) is 2.13. The summed E-state index contributed by atoms with van der Waals surface area (Å²) in [7, 11) is 4.22. The molecule has 0 amide bonds. The number of rotatable bonds is 14. The Bertz CT molecular complexity index is 403. The van der Waals surface area contributed by atoms with Crippen LogP contribution in [0.3, 0.4) is 0 Å². The number of hydrogen-bond donors (Lipinski definition) is 1. The summed E-state index contributed by atoms with van der Waals surface area (Å²) in [6, 6.07) is -0.672. The van der Waals surface area contributed by atoms with E-state index >= 15 is 0 Å². The van der Waals surface area contributed by atoms with Crippen LogP contribution in [0.5, 0.6) is 0 Å². The zero-order chi connectivity index (χ0) is 18.7. The third-order valence-corrected chi connectivity index (χ3v) is 6.10. The SMILES string of the molecule is [B][C@@H]1OC(COCCCC)C(OP(=O)(CCC)OC)[C@@H]1OCCCN. The predicted molar refractivity (Wildman–Crippen MR) is 98.2 cm³/mol. The van der Waals surface area contributed by atoms with Gasteiger partial charge in [0.2, 0.25) is 0 Å². The van der Waals surface area contributed by atoms with Crippen molar-refractivity contribution in [3.8, 4) is 0 Å². The van der Waals surface area contributed by atoms with E-state index in [4.69, 9.17) is 36.8 Å². The lowest BCUT2D eigenvalue weighted by molar-refractivity contribution is -0.0347. The van der Waals surface area contributed by atoms with Crippen molar-refractivity contribution in [2.45, 2.75) is 63.8 Å². The largest absolute Gasteiger partial charge is 0.379 e. The van der Waals surface area contributed by atoms with E-state index in [2.05, 4.69) is 6.92 Å². The van der Waals surface area contributed by atoms with E-state index in [1.165, 1.54) is 7.11 Å². The topological polar surface area (TPSA) is 89.2 Å². The Kier molecular flexibility index (Phi) is 11.5. The number of unbranched alkanes of at least 4 members (excludes halogenated alkanes) is 1. The fraction of sp³-hybridized carbons (Fsp3) is 1.00. The van der Waals surface area contributed by atoms with Crippen LogP contribution in [-0.4, -0.2) is 71.8 Å². The molecule has 0 bridgehead atoms. The quantitative estimate of drug-likeness (QED) is 0.282. The Hall–Kier alpha value is 0.0549. The number of nitrogens with two attached hydrogens (primary N) is 1. The molecular weight excluding hydrogens is 344 g/mol. The van der Waals surface area contributed by atoms with Crippen LogP contribution in [0.25, 0.3) is 0 Å². The van der Waals surface area contributed by atoms with Crippen molar-refractivity contribution in [1.82, 2.24) is 0 Å². The Morgan fingerprint density at radius 1 is 1.16 bits per heavy atom. The van der Waals surface area contributed by atoms with Crippen molar-refractivity contribution in [2.24, 2.45) is 5.73 Å². The van der Waals surface area contributed by atoms with Crippen LogP contribution in [-0.2, 0) is 27.8 Å². The first kappa shape index (κ1) is 23.1. The average Bonchev–Trinajstić information content (AvgIpc) is 2.87. The summed E-state index contributed by atoms with van der Waals surface area (Å²) >= 11 is 0. The van der Waals surface area contributed by atoms with E-state index < -0.39 is 31.9 Å². The van der Waals surface area contributed by atoms with Gasteiger partial charge in [0.1, 0.15) is 26.2 Å². The third kappa shape index (κ3) is 7.67. The van der Waals surface area contributed by atoms with Crippen LogP contribution in [0.15, 0.2) is 0 Å². The smallest absolute Gasteiger partial charge is 0.330 e. The van der Waals surface area contributed by atoms with Gasteiger partial charge in [0.05, 0.1) is 6.61 Å². The van der Waals surface area contributed by atoms with Crippen molar-refractivity contribution in [2.75, 3.05) is 39.6 Å². The van der Waals surface area contributed by atoms with Gasteiger partial charge in [-0.2, -0.15) is 0 Å². The first-order valence-electron chi connectivity index (χ1n) is 9.15. The van der Waals surface area contributed by atoms with Gasteiger partial charge in [0, 0.05) is 32.5 Å². The minimum absolute atomic E-state index is 0.310. The van der Waals surface area contributed by atoms with Crippen molar-refractivity contribution in [3.05, 3.63) is 0 Å². The fourth-order valence-corrected chi connectivity index (χ4v) is 4.15. The fourth-order valence-electron chi connectivity index (χ4n) is 2.60. The molecule has 0 aromatic carbocycles. The van der Waals surface area contributed by atoms with E-state index in [0.717, 1.165) is 12.8 Å². The first-order valence-corrected chi connectivity index (χ1v) is 10.9. The van der Waals surface area contributed by atoms with Crippen molar-refractivity contribution in [3.63, 3.8) is 0 Å². The Balaban J connectivity index is 2.78. The first-order chi connectivity index (χ1) is 12.0. The average molecular weight is 377 g/mol. The molecule has 146 valence electrons. The molecular formula is C16H33BNO6P. The van der Waals surface area contributed by atoms with Crippen molar-refractivity contribution < 1.29 is 27.8 Å². The molecule has 1 rings (SSSR count). The lowest BCUT2D eigenvalue weighted by Crippen LogP contribution is -2.39. The molecule has 1 fully saturated rings. The monoisotopic (exact) mass is 377 g/mol. The lowest BCUT2D eigenvalue weighted by Gasteiger charge is -2.28. The second kappa shape index (κ2) is 12.4. The minimum atomic E-state index is -3.23. The number of ether oxygens (including phenoxy) is 3. The summed E-state index contributed by atoms with van der Waals surface area (Å²) in [5.41, 5.74) is 5.51. The van der Waals surface area contributed by atoms with Gasteiger partial charge in [-0.25, -0.2) is 0 Å². The predicted octanol–water partition coefficient (Wildman–Crippen LogP) is 2.07. The van der Waals surface area contributed by atoms with Crippen LogP contribution >= 0.6 is 7.60 Å². The zero-order valence-corrected chi connectivity index (χ0v) is 16.6. The maximum Gasteiger partial charge on any atom is 0.330 e. The lowest BCUT2D eigenvalue weighted by atomic mass is 9.93. The Morgan fingerprint density at radius 3 is 2.52 bits per heavy atom. The molecule has 25 heavy (non-hydrogen) atoms. The number of hydrogen-bond acceptors (Lipinski definition) is 7. The van der Waals surface area contributed by atoms with Gasteiger partial charge in [0.25, 0.3) is 0 Å². The molecule has 3 unspecified atom stereocenters. The molecule has 5 atom stereocenters. The molecule has 1 aliphatic heterocycles. The van der Waals surface area contributed by atoms with Crippen molar-refractivity contribution >= 4 is 15.4 Å². The second-order valence-electron chi connectivity index (χ2n) is 6.13. The summed E-state index contributed by atoms with van der Waals surface area (Å²) in [6.45, 7) is 5.92. The van der Waals surface area contributed by atoms with Crippen LogP contribution in [0.2, 0.25) is 0 Å². The zero-order valence-electron chi connectivity index (χ0n) is 15.7. The van der Waals surface area contributed by atoms with E-state index in [1.807, 2.05) is 6.92 Å². The molecule has 2 radical (unpaired) electrons. The highest BCUT2D eigenvalue weighted by atomic mass is 31.2. The van der Waals surface area contributed by atoms with Gasteiger partial charge < -0.3 is 24.5 Å². The van der Waals surface area contributed by atoms with Crippen molar-refractivity contribution in [1.29, 1.82) is 0 Å². The van der Waals surface area contributed by atoms with Crippen LogP contribution in [0.4, 0.5) is 0 Å². The molecule has 0 aromatic heterocycles. The minimum Gasteiger partial charge on any atom is -0.379 e. The van der Waals surface area contributed by atoms with Crippen LogP contribution < -0.4 is 5.73 Å². The van der Waals surface area contributed by atoms with Gasteiger partial charge in [-0.3, -0.25) is 9.09 Å². The van der Waals surface area contributed by atoms with Gasteiger partial charge in [0.15, 0.2) is 0 Å². The summed E-state index contributed by atoms with van der Waals surface area (Å²) in [4.78, 5) is 0. The molecule has 1 aliphatic rings. The molecule has 0 aliphatic carbocycles. The normalized spacial score (nSPS) is 29.0. The van der Waals surface area contributed by atoms with E-state index in [-0.39, 0.29) is 0 Å². The Labute approximate surface area is 153 Å². The van der Waals surface area contributed by atoms with E-state index in [0.29, 0.717) is 45.4 Å². The molecule has 1 saturated heterocycles. The summed E-state index contributed by atoms with van der Waals surface area (Å²) in [5, 5.41) is 0. The molecule has 7 nitrogen and oxygen atoms in total. The second-order valence-corrected chi connectivity index (χ2v) is 8.38. The van der Waals surface area contributed by atoms with Gasteiger partial charge >= 0.3 is 7.60 Å². The standard InChI is InChI=1S/C16H33BNO6P/c1-4-6-9-21-12-13-14(24-25(19,20-3)11-5-2)15(16(17)23-13)22-10-7-8-18/h13-16H,4-12,18H2,1-3H3/t13?,14?,15-,16+,25?/m0/s1. The van der Waals surface area contributed by atoms with E-state index in [9.17, 15) is 4.57 Å². The maximum atomic E-state index is 12.8. The highest BCUT2D eigenvalue weighted by molar-refractivity contribution is 7.53. The molecule has 9 heteroatoms. The molecule has 0 aromatic rings. The molecule has 0 spiro atoms. The third-order valence-electron chi connectivity index (χ3n) is 3.99. The highest BCUT2D eigenvalue weighted by Crippen LogP contribution is 2.51.